The molecule has 0 unspecified atom stereocenters. The summed E-state index contributed by atoms with van der Waals surface area (Å²) < 4.78 is 16.3. The number of thiophene rings is 1. The van der Waals surface area contributed by atoms with Crippen molar-refractivity contribution >= 4 is 35.4 Å². The molecule has 3 aromatic rings. The zero-order chi connectivity index (χ0) is 36.1. The number of carbonyl (C=O) groups excluding carboxylic acids is 3. The summed E-state index contributed by atoms with van der Waals surface area (Å²) in [5.41, 5.74) is 4.79. The van der Waals surface area contributed by atoms with E-state index in [0.717, 1.165) is 51.9 Å². The molecule has 2 aromatic carbocycles. The van der Waals surface area contributed by atoms with E-state index in [1.807, 2.05) is 57.7 Å². The monoisotopic (exact) mass is 722 g/mol. The first-order valence-electron chi connectivity index (χ1n) is 17.5. The number of anilines is 1. The Morgan fingerprint density at radius 3 is 2.20 bits per heavy atom. The van der Waals surface area contributed by atoms with E-state index in [1.165, 1.54) is 27.3 Å². The molecule has 280 valence electrons. The second kappa shape index (κ2) is 19.6. The first kappa shape index (κ1) is 41.5. The largest absolute Gasteiger partial charge is 0.444 e. The van der Waals surface area contributed by atoms with Gasteiger partial charge in [-0.3, -0.25) is 9.59 Å². The number of rotatable bonds is 7. The van der Waals surface area contributed by atoms with Gasteiger partial charge in [0.2, 0.25) is 6.41 Å². The molecule has 0 saturated carbocycles. The van der Waals surface area contributed by atoms with Crippen LogP contribution in [-0.4, -0.2) is 91.6 Å². The third kappa shape index (κ3) is 13.6. The molecule has 11 heteroatoms. The predicted molar refractivity (Wildman–Crippen MR) is 205 cm³/mol. The molecule has 1 atom stereocenters. The van der Waals surface area contributed by atoms with E-state index in [9.17, 15) is 14.4 Å². The fourth-order valence-electron chi connectivity index (χ4n) is 5.84. The van der Waals surface area contributed by atoms with Gasteiger partial charge in [-0.05, 0) is 101 Å². The zero-order valence-electron chi connectivity index (χ0n) is 30.5. The number of aryl methyl sites for hydroxylation is 1. The minimum absolute atomic E-state index is 0. The molecule has 3 fully saturated rings. The second-order valence-electron chi connectivity index (χ2n) is 14.2. The van der Waals surface area contributed by atoms with Gasteiger partial charge in [-0.1, -0.05) is 49.9 Å². The van der Waals surface area contributed by atoms with E-state index in [-0.39, 0.29) is 25.5 Å². The van der Waals surface area contributed by atoms with Crippen LogP contribution in [0.15, 0.2) is 66.0 Å². The maximum atomic E-state index is 11.9. The van der Waals surface area contributed by atoms with Crippen molar-refractivity contribution in [2.45, 2.75) is 92.3 Å². The number of likely N-dealkylation sites (tertiary alicyclic amines) is 1. The Balaban J connectivity index is 0.000000207. The summed E-state index contributed by atoms with van der Waals surface area (Å²) in [6, 6.07) is 20.9. The second-order valence-corrected chi connectivity index (χ2v) is 15.2. The molecule has 0 bridgehead atoms. The first-order valence-corrected chi connectivity index (χ1v) is 18.4. The lowest BCUT2D eigenvalue weighted by atomic mass is 10.0. The van der Waals surface area contributed by atoms with Crippen LogP contribution in [-0.2, 0) is 36.8 Å². The molecule has 6 rings (SSSR count). The SMILES string of the molecule is C.CC(C)(C)OC(=O)N1CCN(c2ccccc2)CC1.CC1(C)OC[C@H](C(=O)N2CCCC2)O1.Cc1ccccc1Cc1csc(CNC=O)c1. The van der Waals surface area contributed by atoms with Crippen molar-refractivity contribution in [1.29, 1.82) is 0 Å². The highest BCUT2D eigenvalue weighted by molar-refractivity contribution is 7.10. The van der Waals surface area contributed by atoms with Crippen molar-refractivity contribution in [1.82, 2.24) is 15.1 Å². The Labute approximate surface area is 309 Å². The van der Waals surface area contributed by atoms with Gasteiger partial charge in [-0.2, -0.15) is 0 Å². The maximum absolute atomic E-state index is 11.9. The highest BCUT2D eigenvalue weighted by atomic mass is 32.1. The number of hydrogen-bond acceptors (Lipinski definition) is 8. The molecule has 3 amide bonds. The van der Waals surface area contributed by atoms with Crippen LogP contribution in [0.2, 0.25) is 0 Å². The van der Waals surface area contributed by atoms with Crippen molar-refractivity contribution in [2.24, 2.45) is 0 Å². The number of ether oxygens (including phenoxy) is 3. The summed E-state index contributed by atoms with van der Waals surface area (Å²) in [4.78, 5) is 41.2. The van der Waals surface area contributed by atoms with Crippen molar-refractivity contribution in [3.63, 3.8) is 0 Å². The van der Waals surface area contributed by atoms with E-state index in [4.69, 9.17) is 14.2 Å². The summed E-state index contributed by atoms with van der Waals surface area (Å²) in [5, 5.41) is 4.84. The third-order valence-corrected chi connectivity index (χ3v) is 9.46. The number of piperazine rings is 1. The number of nitrogens with one attached hydrogen (secondary N) is 1. The smallest absolute Gasteiger partial charge is 0.410 e. The van der Waals surface area contributed by atoms with Gasteiger partial charge in [0.05, 0.1) is 13.2 Å². The van der Waals surface area contributed by atoms with E-state index in [2.05, 4.69) is 65.0 Å². The highest BCUT2D eigenvalue weighted by Crippen LogP contribution is 2.25. The number of hydrogen-bond donors (Lipinski definition) is 1. The predicted octanol–water partition coefficient (Wildman–Crippen LogP) is 7.03. The van der Waals surface area contributed by atoms with Gasteiger partial charge >= 0.3 is 6.09 Å². The minimum atomic E-state index is -0.597. The molecule has 0 radical (unpaired) electrons. The quantitative estimate of drug-likeness (QED) is 0.262. The third-order valence-electron chi connectivity index (χ3n) is 8.48. The van der Waals surface area contributed by atoms with Gasteiger partial charge in [0, 0.05) is 49.8 Å². The topological polar surface area (TPSA) is 101 Å². The van der Waals surface area contributed by atoms with E-state index in [1.54, 1.807) is 16.2 Å². The number of carbonyl (C=O) groups is 3. The van der Waals surface area contributed by atoms with Crippen molar-refractivity contribution in [2.75, 3.05) is 50.8 Å². The first-order chi connectivity index (χ1) is 23.8. The average molecular weight is 723 g/mol. The summed E-state index contributed by atoms with van der Waals surface area (Å²) in [6.45, 7) is 17.4. The van der Waals surface area contributed by atoms with Crippen molar-refractivity contribution in [3.8, 4) is 0 Å². The van der Waals surface area contributed by atoms with Crippen LogP contribution < -0.4 is 10.2 Å². The van der Waals surface area contributed by atoms with E-state index < -0.39 is 11.4 Å². The van der Waals surface area contributed by atoms with Crippen molar-refractivity contribution in [3.05, 3.63) is 87.6 Å². The fraction of sp³-hybridized carbons (Fsp3) is 0.525. The summed E-state index contributed by atoms with van der Waals surface area (Å²) in [5.74, 6) is -0.506. The lowest BCUT2D eigenvalue weighted by molar-refractivity contribution is -0.159. The summed E-state index contributed by atoms with van der Waals surface area (Å²) >= 11 is 1.69. The van der Waals surface area contributed by atoms with Gasteiger partial charge in [-0.25, -0.2) is 4.79 Å². The molecule has 51 heavy (non-hydrogen) atoms. The molecular formula is C40H58N4O6S. The molecule has 1 aromatic heterocycles. The van der Waals surface area contributed by atoms with Crippen LogP contribution >= 0.6 is 11.3 Å². The number of benzene rings is 2. The summed E-state index contributed by atoms with van der Waals surface area (Å²) in [7, 11) is 0. The molecule has 4 heterocycles. The van der Waals surface area contributed by atoms with Crippen LogP contribution in [0.3, 0.4) is 0 Å². The molecule has 3 saturated heterocycles. The molecule has 3 aliphatic heterocycles. The van der Waals surface area contributed by atoms with Crippen LogP contribution in [0.5, 0.6) is 0 Å². The number of para-hydroxylation sites is 1. The van der Waals surface area contributed by atoms with Crippen molar-refractivity contribution < 1.29 is 28.6 Å². The highest BCUT2D eigenvalue weighted by Gasteiger charge is 2.39. The average Bonchev–Trinajstić information content (AvgIpc) is 3.87. The standard InChI is InChI=1S/C15H22N2O2.C14H15NOS.C10H17NO3.CH4/c1-15(2,3)19-14(18)17-11-9-16(10-12-17)13-7-5-4-6-8-13;1-11-4-2-3-5-13(11)6-12-7-14(17-9-12)8-15-10-16;1-10(2)13-7-8(14-10)9(12)11-5-3-4-6-11;/h4-8H,9-12H2,1-3H3;2-5,7,9-10H,6,8H2,1H3,(H,15,16);8H,3-7H2,1-2H3;1H4/t;;8-;/m..1./s1. The van der Waals surface area contributed by atoms with Gasteiger partial charge < -0.3 is 34.2 Å². The number of amides is 3. The van der Waals surface area contributed by atoms with Gasteiger partial charge in [0.1, 0.15) is 5.60 Å². The maximum Gasteiger partial charge on any atom is 0.410 e. The Morgan fingerprint density at radius 1 is 0.961 bits per heavy atom. The van der Waals surface area contributed by atoms with Gasteiger partial charge in [0.15, 0.2) is 11.9 Å². The Bertz CT molecular complexity index is 1510. The van der Waals surface area contributed by atoms with Crippen LogP contribution in [0.4, 0.5) is 10.5 Å². The summed E-state index contributed by atoms with van der Waals surface area (Å²) in [6.07, 6.45) is 3.33. The van der Waals surface area contributed by atoms with E-state index >= 15 is 0 Å². The Hall–Kier alpha value is -3.93. The molecule has 3 aliphatic rings. The molecule has 0 aliphatic carbocycles. The molecule has 1 N–H and O–H groups in total. The van der Waals surface area contributed by atoms with Crippen LogP contribution in [0.1, 0.15) is 76.5 Å². The zero-order valence-corrected chi connectivity index (χ0v) is 31.3. The molecule has 0 spiro atoms. The normalized spacial score (nSPS) is 18.0. The van der Waals surface area contributed by atoms with E-state index in [0.29, 0.717) is 26.2 Å². The lowest BCUT2D eigenvalue weighted by Crippen LogP contribution is -2.50. The number of nitrogens with zero attached hydrogens (tertiary/aromatic N) is 3. The van der Waals surface area contributed by atoms with Crippen LogP contribution in [0.25, 0.3) is 0 Å². The lowest BCUT2D eigenvalue weighted by Gasteiger charge is -2.36. The van der Waals surface area contributed by atoms with Crippen LogP contribution in [0, 0.1) is 6.92 Å². The van der Waals surface area contributed by atoms with Gasteiger partial charge in [0.25, 0.3) is 5.91 Å². The van der Waals surface area contributed by atoms with Gasteiger partial charge in [-0.15, -0.1) is 11.3 Å². The Morgan fingerprint density at radius 2 is 1.61 bits per heavy atom. The minimum Gasteiger partial charge on any atom is -0.444 e. The molecule has 10 nitrogen and oxygen atoms in total. The Kier molecular flexibility index (Phi) is 16.0. The fourth-order valence-corrected chi connectivity index (χ4v) is 6.68. The molecular weight excluding hydrogens is 665 g/mol.